The molecule has 1 aromatic rings. The van der Waals surface area contributed by atoms with Crippen molar-refractivity contribution < 1.29 is 9.60 Å². The van der Waals surface area contributed by atoms with Crippen LogP contribution in [0.15, 0.2) is 23.4 Å². The molecule has 4 N–H and O–H groups in total. The van der Waals surface area contributed by atoms with Gasteiger partial charge in [-0.05, 0) is 43.5 Å². The van der Waals surface area contributed by atoms with Crippen LogP contribution in [-0.4, -0.2) is 17.6 Å². The third kappa shape index (κ3) is 4.72. The van der Waals surface area contributed by atoms with Gasteiger partial charge in [-0.15, -0.1) is 0 Å². The Labute approximate surface area is 119 Å². The lowest BCUT2D eigenvalue weighted by Crippen LogP contribution is -2.31. The highest BCUT2D eigenvalue weighted by atomic mass is 19.1. The van der Waals surface area contributed by atoms with Gasteiger partial charge in [-0.2, -0.15) is 0 Å². The number of benzene rings is 1. The van der Waals surface area contributed by atoms with E-state index in [2.05, 4.69) is 10.5 Å². The van der Waals surface area contributed by atoms with Crippen LogP contribution in [0, 0.1) is 18.2 Å². The van der Waals surface area contributed by atoms with Crippen LogP contribution in [0.5, 0.6) is 0 Å². The summed E-state index contributed by atoms with van der Waals surface area (Å²) in [4.78, 5) is 0. The first-order chi connectivity index (χ1) is 9.36. The molecule has 5 heteroatoms. The predicted octanol–water partition coefficient (Wildman–Crippen LogP) is 3.49. The summed E-state index contributed by atoms with van der Waals surface area (Å²) >= 11 is 0. The van der Waals surface area contributed by atoms with Crippen molar-refractivity contribution in [2.75, 3.05) is 11.9 Å². The number of nitrogens with one attached hydrogen (secondary N) is 1. The highest BCUT2D eigenvalue weighted by Crippen LogP contribution is 2.23. The Morgan fingerprint density at radius 1 is 1.40 bits per heavy atom. The van der Waals surface area contributed by atoms with Crippen molar-refractivity contribution in [3.05, 3.63) is 29.6 Å². The number of hydrogen-bond acceptors (Lipinski definition) is 3. The molecule has 0 saturated carbocycles. The van der Waals surface area contributed by atoms with E-state index in [1.165, 1.54) is 12.1 Å². The molecule has 4 nitrogen and oxygen atoms in total. The van der Waals surface area contributed by atoms with Crippen molar-refractivity contribution in [1.82, 2.24) is 0 Å². The van der Waals surface area contributed by atoms with Gasteiger partial charge in [0.1, 0.15) is 11.7 Å². The van der Waals surface area contributed by atoms with Gasteiger partial charge in [-0.25, -0.2) is 4.39 Å². The topological polar surface area (TPSA) is 70.6 Å². The largest absolute Gasteiger partial charge is 0.409 e. The molecular formula is C15H24FN3O. The number of anilines is 1. The van der Waals surface area contributed by atoms with E-state index in [1.807, 2.05) is 20.8 Å². The molecular weight excluding hydrogens is 257 g/mol. The van der Waals surface area contributed by atoms with Crippen molar-refractivity contribution in [2.24, 2.45) is 16.3 Å². The second-order valence-corrected chi connectivity index (χ2v) is 5.71. The molecule has 0 fully saturated rings. The van der Waals surface area contributed by atoms with E-state index in [9.17, 15) is 4.39 Å². The van der Waals surface area contributed by atoms with E-state index in [4.69, 9.17) is 10.9 Å². The molecule has 112 valence electrons. The van der Waals surface area contributed by atoms with Gasteiger partial charge >= 0.3 is 0 Å². The average Bonchev–Trinajstić information content (AvgIpc) is 2.39. The third-order valence-electron chi connectivity index (χ3n) is 3.53. The smallest absolute Gasteiger partial charge is 0.144 e. The molecule has 0 aliphatic heterocycles. The van der Waals surface area contributed by atoms with Crippen molar-refractivity contribution in [3.8, 4) is 0 Å². The maximum absolute atomic E-state index is 13.0. The SMILES string of the molecule is Cc1cc(F)ccc1NCCCCC(C)(C)/C(N)=N/O. The second-order valence-electron chi connectivity index (χ2n) is 5.71. The van der Waals surface area contributed by atoms with Gasteiger partial charge in [-0.3, -0.25) is 0 Å². The molecule has 0 amide bonds. The minimum Gasteiger partial charge on any atom is -0.409 e. The third-order valence-corrected chi connectivity index (χ3v) is 3.53. The molecule has 0 unspecified atom stereocenters. The minimum atomic E-state index is -0.291. The van der Waals surface area contributed by atoms with E-state index in [1.54, 1.807) is 6.07 Å². The molecule has 0 radical (unpaired) electrons. The van der Waals surface area contributed by atoms with Crippen LogP contribution in [0.25, 0.3) is 0 Å². The molecule has 20 heavy (non-hydrogen) atoms. The molecule has 0 heterocycles. The lowest BCUT2D eigenvalue weighted by Gasteiger charge is -2.22. The molecule has 0 aliphatic rings. The Bertz CT molecular complexity index is 472. The number of halogens is 1. The van der Waals surface area contributed by atoms with Crippen LogP contribution in [0.2, 0.25) is 0 Å². The van der Waals surface area contributed by atoms with Crippen LogP contribution in [0.4, 0.5) is 10.1 Å². The first-order valence-corrected chi connectivity index (χ1v) is 6.85. The second kappa shape index (κ2) is 7.12. The van der Waals surface area contributed by atoms with Crippen molar-refractivity contribution in [1.29, 1.82) is 0 Å². The van der Waals surface area contributed by atoms with E-state index in [0.717, 1.165) is 37.1 Å². The molecule has 0 aliphatic carbocycles. The van der Waals surface area contributed by atoms with Crippen molar-refractivity contribution in [2.45, 2.75) is 40.0 Å². The zero-order valence-electron chi connectivity index (χ0n) is 12.4. The maximum atomic E-state index is 13.0. The number of aryl methyl sites for hydroxylation is 1. The molecule has 0 atom stereocenters. The summed E-state index contributed by atoms with van der Waals surface area (Å²) in [7, 11) is 0. The molecule has 0 spiro atoms. The monoisotopic (exact) mass is 281 g/mol. The molecule has 0 saturated heterocycles. The fraction of sp³-hybridized carbons (Fsp3) is 0.533. The normalized spacial score (nSPS) is 12.5. The van der Waals surface area contributed by atoms with Crippen LogP contribution < -0.4 is 11.1 Å². The minimum absolute atomic E-state index is 0.214. The van der Waals surface area contributed by atoms with Crippen LogP contribution in [-0.2, 0) is 0 Å². The number of oxime groups is 1. The standard InChI is InChI=1S/C15H24FN3O/c1-11-10-12(16)6-7-13(11)18-9-5-4-8-15(2,3)14(17)19-20/h6-7,10,18,20H,4-5,8-9H2,1-3H3,(H2,17,19). The maximum Gasteiger partial charge on any atom is 0.144 e. The van der Waals surface area contributed by atoms with Gasteiger partial charge in [0.05, 0.1) is 0 Å². The molecule has 0 bridgehead atoms. The summed E-state index contributed by atoms with van der Waals surface area (Å²) < 4.78 is 13.0. The van der Waals surface area contributed by atoms with Gasteiger partial charge in [0.2, 0.25) is 0 Å². The Morgan fingerprint density at radius 2 is 2.10 bits per heavy atom. The fourth-order valence-electron chi connectivity index (χ4n) is 2.00. The van der Waals surface area contributed by atoms with Gasteiger partial charge in [0, 0.05) is 17.6 Å². The summed E-state index contributed by atoms with van der Waals surface area (Å²) in [6, 6.07) is 4.73. The highest BCUT2D eigenvalue weighted by molar-refractivity contribution is 5.85. The number of unbranched alkanes of at least 4 members (excludes halogenated alkanes) is 1. The summed E-state index contributed by atoms with van der Waals surface area (Å²) in [5.74, 6) is 0.0494. The van der Waals surface area contributed by atoms with E-state index >= 15 is 0 Å². The van der Waals surface area contributed by atoms with Gasteiger partial charge < -0.3 is 16.3 Å². The fourth-order valence-corrected chi connectivity index (χ4v) is 2.00. The zero-order valence-corrected chi connectivity index (χ0v) is 12.4. The first kappa shape index (κ1) is 16.3. The van der Waals surface area contributed by atoms with E-state index in [-0.39, 0.29) is 17.1 Å². The Hall–Kier alpha value is -1.78. The van der Waals surface area contributed by atoms with Crippen LogP contribution >= 0.6 is 0 Å². The Kier molecular flexibility index (Phi) is 5.80. The van der Waals surface area contributed by atoms with Crippen molar-refractivity contribution >= 4 is 11.5 Å². The molecule has 1 rings (SSSR count). The first-order valence-electron chi connectivity index (χ1n) is 6.85. The number of hydrogen-bond donors (Lipinski definition) is 3. The molecule has 1 aromatic carbocycles. The lowest BCUT2D eigenvalue weighted by molar-refractivity contribution is 0.304. The summed E-state index contributed by atoms with van der Waals surface area (Å²) in [5.41, 5.74) is 7.21. The van der Waals surface area contributed by atoms with Gasteiger partial charge in [0.15, 0.2) is 0 Å². The van der Waals surface area contributed by atoms with Crippen molar-refractivity contribution in [3.63, 3.8) is 0 Å². The average molecular weight is 281 g/mol. The van der Waals surface area contributed by atoms with Crippen LogP contribution in [0.1, 0.15) is 38.7 Å². The summed E-state index contributed by atoms with van der Waals surface area (Å²) in [5, 5.41) is 15.1. The lowest BCUT2D eigenvalue weighted by atomic mass is 9.86. The van der Waals surface area contributed by atoms with Crippen LogP contribution in [0.3, 0.4) is 0 Å². The van der Waals surface area contributed by atoms with E-state index in [0.29, 0.717) is 0 Å². The Morgan fingerprint density at radius 3 is 2.70 bits per heavy atom. The summed E-state index contributed by atoms with van der Waals surface area (Å²) in [6.07, 6.45) is 2.79. The summed E-state index contributed by atoms with van der Waals surface area (Å²) in [6.45, 7) is 6.62. The number of amidine groups is 1. The quantitative estimate of drug-likeness (QED) is 0.235. The van der Waals surface area contributed by atoms with E-state index < -0.39 is 0 Å². The number of nitrogens with two attached hydrogens (primary N) is 1. The predicted molar refractivity (Wildman–Crippen MR) is 80.7 cm³/mol. The Balaban J connectivity index is 2.32. The number of nitrogens with zero attached hydrogens (tertiary/aromatic N) is 1. The highest BCUT2D eigenvalue weighted by Gasteiger charge is 2.22. The number of rotatable bonds is 7. The van der Waals surface area contributed by atoms with Gasteiger partial charge in [0.25, 0.3) is 0 Å². The molecule has 0 aromatic heterocycles. The zero-order chi connectivity index (χ0) is 15.2. The van der Waals surface area contributed by atoms with Gasteiger partial charge in [-0.1, -0.05) is 25.4 Å².